The number of aryl methyl sites for hydroxylation is 1. The van der Waals surface area contributed by atoms with Gasteiger partial charge in [-0.3, -0.25) is 4.79 Å². The van der Waals surface area contributed by atoms with E-state index >= 15 is 0 Å². The number of aliphatic carboxylic acids is 1. The van der Waals surface area contributed by atoms with Gasteiger partial charge in [0.25, 0.3) is 5.78 Å². The van der Waals surface area contributed by atoms with E-state index in [-0.39, 0.29) is 5.56 Å². The number of carboxylic acids is 1. The Bertz CT molecular complexity index is 410. The molecule has 0 aliphatic heterocycles. The van der Waals surface area contributed by atoms with Crippen molar-refractivity contribution in [2.45, 2.75) is 13.8 Å². The molecule has 0 saturated heterocycles. The van der Waals surface area contributed by atoms with Crippen LogP contribution in [0.25, 0.3) is 0 Å². The molecule has 0 amide bonds. The molecule has 0 aliphatic rings. The minimum Gasteiger partial charge on any atom is -0.475 e. The molecule has 0 heterocycles. The van der Waals surface area contributed by atoms with Crippen LogP contribution in [0.1, 0.15) is 21.5 Å². The fourth-order valence-electron chi connectivity index (χ4n) is 1.17. The summed E-state index contributed by atoms with van der Waals surface area (Å²) in [7, 11) is 0. The molecule has 0 atom stereocenters. The van der Waals surface area contributed by atoms with Crippen LogP contribution >= 0.6 is 15.9 Å². The number of hydrogen-bond donors (Lipinski definition) is 1. The highest BCUT2D eigenvalue weighted by Crippen LogP contribution is 2.22. The van der Waals surface area contributed by atoms with Gasteiger partial charge in [0.15, 0.2) is 0 Å². The molecule has 0 radical (unpaired) electrons. The number of hydrogen-bond acceptors (Lipinski definition) is 2. The zero-order valence-corrected chi connectivity index (χ0v) is 9.38. The van der Waals surface area contributed by atoms with Crippen LogP contribution in [-0.4, -0.2) is 16.9 Å². The lowest BCUT2D eigenvalue weighted by Crippen LogP contribution is -2.14. The summed E-state index contributed by atoms with van der Waals surface area (Å²) in [6, 6.07) is 3.42. The van der Waals surface area contributed by atoms with Crippen LogP contribution in [0.4, 0.5) is 0 Å². The van der Waals surface area contributed by atoms with Crippen molar-refractivity contribution < 1.29 is 14.7 Å². The molecule has 0 unspecified atom stereocenters. The number of rotatable bonds is 2. The van der Waals surface area contributed by atoms with Crippen molar-refractivity contribution in [2.75, 3.05) is 0 Å². The molecule has 14 heavy (non-hydrogen) atoms. The van der Waals surface area contributed by atoms with E-state index in [1.54, 1.807) is 13.0 Å². The average Bonchev–Trinajstić information content (AvgIpc) is 2.09. The molecule has 0 bridgehead atoms. The number of carbonyl (C=O) groups excluding carboxylic acids is 1. The van der Waals surface area contributed by atoms with E-state index in [9.17, 15) is 9.59 Å². The molecular weight excluding hydrogens is 248 g/mol. The zero-order valence-electron chi connectivity index (χ0n) is 7.80. The van der Waals surface area contributed by atoms with E-state index in [0.29, 0.717) is 5.56 Å². The Morgan fingerprint density at radius 3 is 2.36 bits per heavy atom. The number of Topliss-reactive ketones (excluding diaryl/α,β-unsaturated/α-hetero) is 1. The molecule has 3 nitrogen and oxygen atoms in total. The van der Waals surface area contributed by atoms with Gasteiger partial charge in [-0.2, -0.15) is 0 Å². The Hall–Kier alpha value is -1.16. The SMILES string of the molecule is Cc1cc(Br)c(C)c(C(=O)C(=O)O)c1. The van der Waals surface area contributed by atoms with E-state index in [4.69, 9.17) is 5.11 Å². The predicted molar refractivity (Wildman–Crippen MR) is 55.6 cm³/mol. The lowest BCUT2D eigenvalue weighted by atomic mass is 10.0. The van der Waals surface area contributed by atoms with E-state index in [2.05, 4.69) is 15.9 Å². The maximum absolute atomic E-state index is 11.2. The van der Waals surface area contributed by atoms with Crippen LogP contribution in [0, 0.1) is 13.8 Å². The third kappa shape index (κ3) is 2.01. The zero-order chi connectivity index (χ0) is 10.9. The monoisotopic (exact) mass is 256 g/mol. The van der Waals surface area contributed by atoms with Crippen LogP contribution in [-0.2, 0) is 4.79 Å². The number of carbonyl (C=O) groups is 2. The van der Waals surface area contributed by atoms with Gasteiger partial charge in [0.05, 0.1) is 0 Å². The van der Waals surface area contributed by atoms with Crippen molar-refractivity contribution in [1.29, 1.82) is 0 Å². The summed E-state index contributed by atoms with van der Waals surface area (Å²) in [4.78, 5) is 21.8. The number of ketones is 1. The summed E-state index contributed by atoms with van der Waals surface area (Å²) >= 11 is 3.27. The Labute approximate surface area is 89.9 Å². The fourth-order valence-corrected chi connectivity index (χ4v) is 1.74. The minimum absolute atomic E-state index is 0.240. The van der Waals surface area contributed by atoms with Crippen molar-refractivity contribution in [3.8, 4) is 0 Å². The first-order valence-corrected chi connectivity index (χ1v) is 4.77. The second-order valence-electron chi connectivity index (χ2n) is 3.05. The second-order valence-corrected chi connectivity index (χ2v) is 3.91. The third-order valence-corrected chi connectivity index (χ3v) is 2.75. The van der Waals surface area contributed by atoms with Crippen LogP contribution in [0.2, 0.25) is 0 Å². The van der Waals surface area contributed by atoms with Crippen molar-refractivity contribution >= 4 is 27.7 Å². The maximum Gasteiger partial charge on any atom is 0.377 e. The highest BCUT2D eigenvalue weighted by molar-refractivity contribution is 9.10. The maximum atomic E-state index is 11.2. The lowest BCUT2D eigenvalue weighted by molar-refractivity contribution is -0.131. The van der Waals surface area contributed by atoms with Gasteiger partial charge in [-0.05, 0) is 37.1 Å². The van der Waals surface area contributed by atoms with Gasteiger partial charge in [0.2, 0.25) is 0 Å². The van der Waals surface area contributed by atoms with Crippen LogP contribution in [0.15, 0.2) is 16.6 Å². The number of benzene rings is 1. The fraction of sp³-hybridized carbons (Fsp3) is 0.200. The predicted octanol–water partition coefficient (Wildman–Crippen LogP) is 2.33. The molecule has 0 aromatic heterocycles. The Morgan fingerprint density at radius 1 is 1.29 bits per heavy atom. The third-order valence-electron chi connectivity index (χ3n) is 1.93. The molecule has 74 valence electrons. The van der Waals surface area contributed by atoms with E-state index in [1.165, 1.54) is 0 Å². The summed E-state index contributed by atoms with van der Waals surface area (Å²) < 4.78 is 0.752. The Morgan fingerprint density at radius 2 is 1.86 bits per heavy atom. The summed E-state index contributed by atoms with van der Waals surface area (Å²) in [6.45, 7) is 3.52. The summed E-state index contributed by atoms with van der Waals surface area (Å²) in [6.07, 6.45) is 0. The molecule has 1 N–H and O–H groups in total. The lowest BCUT2D eigenvalue weighted by Gasteiger charge is -2.05. The number of halogens is 1. The second kappa shape index (κ2) is 3.92. The van der Waals surface area contributed by atoms with Gasteiger partial charge in [-0.1, -0.05) is 15.9 Å². The van der Waals surface area contributed by atoms with Crippen LogP contribution in [0.5, 0.6) is 0 Å². The molecule has 1 aromatic rings. The first-order valence-electron chi connectivity index (χ1n) is 3.98. The smallest absolute Gasteiger partial charge is 0.377 e. The first-order chi connectivity index (χ1) is 6.43. The highest BCUT2D eigenvalue weighted by atomic mass is 79.9. The summed E-state index contributed by atoms with van der Waals surface area (Å²) in [5, 5.41) is 8.58. The molecule has 4 heteroatoms. The van der Waals surface area contributed by atoms with Crippen molar-refractivity contribution in [3.05, 3.63) is 33.3 Å². The normalized spacial score (nSPS) is 9.93. The van der Waals surface area contributed by atoms with Gasteiger partial charge in [-0.25, -0.2) is 4.79 Å². The van der Waals surface area contributed by atoms with Gasteiger partial charge < -0.3 is 5.11 Å². The standard InChI is InChI=1S/C10H9BrO3/c1-5-3-7(9(12)10(13)14)6(2)8(11)4-5/h3-4H,1-2H3,(H,13,14). The Kier molecular flexibility index (Phi) is 3.06. The van der Waals surface area contributed by atoms with Crippen molar-refractivity contribution in [1.82, 2.24) is 0 Å². The molecule has 0 aliphatic carbocycles. The van der Waals surface area contributed by atoms with Gasteiger partial charge in [0, 0.05) is 10.0 Å². The molecular formula is C10H9BrO3. The van der Waals surface area contributed by atoms with Gasteiger partial charge >= 0.3 is 5.97 Å². The molecule has 0 saturated carbocycles. The van der Waals surface area contributed by atoms with E-state index < -0.39 is 11.8 Å². The molecule has 1 rings (SSSR count). The highest BCUT2D eigenvalue weighted by Gasteiger charge is 2.18. The Balaban J connectivity index is 3.34. The minimum atomic E-state index is -1.43. The quantitative estimate of drug-likeness (QED) is 0.653. The van der Waals surface area contributed by atoms with Crippen molar-refractivity contribution in [2.24, 2.45) is 0 Å². The summed E-state index contributed by atoms with van der Waals surface area (Å²) in [5.41, 5.74) is 1.75. The van der Waals surface area contributed by atoms with E-state index in [1.807, 2.05) is 13.0 Å². The van der Waals surface area contributed by atoms with E-state index in [0.717, 1.165) is 10.0 Å². The molecule has 0 spiro atoms. The summed E-state index contributed by atoms with van der Waals surface area (Å²) in [5.74, 6) is -2.29. The largest absolute Gasteiger partial charge is 0.475 e. The van der Waals surface area contributed by atoms with Crippen LogP contribution in [0.3, 0.4) is 0 Å². The van der Waals surface area contributed by atoms with Crippen molar-refractivity contribution in [3.63, 3.8) is 0 Å². The molecule has 0 fully saturated rings. The number of carboxylic acid groups (broad SMARTS) is 1. The van der Waals surface area contributed by atoms with Gasteiger partial charge in [0.1, 0.15) is 0 Å². The van der Waals surface area contributed by atoms with Gasteiger partial charge in [-0.15, -0.1) is 0 Å². The molecule has 1 aromatic carbocycles. The first kappa shape index (κ1) is 10.9. The average molecular weight is 257 g/mol. The van der Waals surface area contributed by atoms with Crippen LogP contribution < -0.4 is 0 Å². The topological polar surface area (TPSA) is 54.4 Å².